The molecule has 19 heavy (non-hydrogen) atoms. The summed E-state index contributed by atoms with van der Waals surface area (Å²) in [6, 6.07) is 12.7. The van der Waals surface area contributed by atoms with E-state index in [1.54, 1.807) is 0 Å². The third-order valence-corrected chi connectivity index (χ3v) is 3.78. The number of hydrogen-bond donors (Lipinski definition) is 0. The molecule has 1 atom stereocenters. The molecule has 1 aromatic carbocycles. The highest BCUT2D eigenvalue weighted by atomic mass is 14.7. The molecule has 0 radical (unpaired) electrons. The van der Waals surface area contributed by atoms with Crippen molar-refractivity contribution in [2.24, 2.45) is 4.99 Å². The maximum Gasteiger partial charge on any atom is 0.0452 e. The highest BCUT2D eigenvalue weighted by Gasteiger charge is 2.33. The van der Waals surface area contributed by atoms with Crippen molar-refractivity contribution in [2.75, 3.05) is 0 Å². The van der Waals surface area contributed by atoms with Crippen molar-refractivity contribution in [2.45, 2.75) is 18.8 Å². The standard InChI is InChI=1S/C17H16N2/c1-14-4-2-3-5-16(14)17(8-12-19-13-9-17)15-6-10-18-11-7-15/h2-8,10-13H,9H2,1H3. The number of aliphatic imine (C=N–C) groups is 1. The summed E-state index contributed by atoms with van der Waals surface area (Å²) in [5.74, 6) is 0. The van der Waals surface area contributed by atoms with Crippen molar-refractivity contribution >= 4 is 6.21 Å². The SMILES string of the molecule is Cc1ccccc1C1(c2ccncc2)C=CN=CC1. The third kappa shape index (κ3) is 1.99. The Morgan fingerprint density at radius 1 is 1.05 bits per heavy atom. The first-order valence-corrected chi connectivity index (χ1v) is 6.49. The van der Waals surface area contributed by atoms with Crippen molar-refractivity contribution in [1.29, 1.82) is 0 Å². The summed E-state index contributed by atoms with van der Waals surface area (Å²) in [6.07, 6.45) is 10.7. The molecule has 1 aromatic heterocycles. The van der Waals surface area contributed by atoms with Crippen LogP contribution in [0.2, 0.25) is 0 Å². The molecule has 0 fully saturated rings. The van der Waals surface area contributed by atoms with E-state index in [0.29, 0.717) is 0 Å². The highest BCUT2D eigenvalue weighted by molar-refractivity contribution is 5.67. The van der Waals surface area contributed by atoms with Gasteiger partial charge >= 0.3 is 0 Å². The monoisotopic (exact) mass is 248 g/mol. The molecule has 2 heteroatoms. The predicted molar refractivity (Wildman–Crippen MR) is 78.4 cm³/mol. The lowest BCUT2D eigenvalue weighted by molar-refractivity contribution is 0.664. The topological polar surface area (TPSA) is 25.2 Å². The number of rotatable bonds is 2. The van der Waals surface area contributed by atoms with Crippen LogP contribution >= 0.6 is 0 Å². The Labute approximate surface area is 113 Å². The first-order valence-electron chi connectivity index (χ1n) is 6.49. The first-order chi connectivity index (χ1) is 9.33. The van der Waals surface area contributed by atoms with Gasteiger partial charge in [0.1, 0.15) is 0 Å². The van der Waals surface area contributed by atoms with Crippen LogP contribution in [0.4, 0.5) is 0 Å². The summed E-state index contributed by atoms with van der Waals surface area (Å²) in [5.41, 5.74) is 3.79. The van der Waals surface area contributed by atoms with Gasteiger partial charge in [-0.1, -0.05) is 30.3 Å². The lowest BCUT2D eigenvalue weighted by atomic mass is 9.70. The fourth-order valence-corrected chi connectivity index (χ4v) is 2.79. The first kappa shape index (κ1) is 11.8. The smallest absolute Gasteiger partial charge is 0.0452 e. The van der Waals surface area contributed by atoms with Crippen LogP contribution in [0.3, 0.4) is 0 Å². The Bertz CT molecular complexity index is 629. The van der Waals surface area contributed by atoms with Crippen LogP contribution < -0.4 is 0 Å². The van der Waals surface area contributed by atoms with Crippen molar-refractivity contribution < 1.29 is 0 Å². The normalized spacial score (nSPS) is 21.5. The van der Waals surface area contributed by atoms with Crippen LogP contribution in [0.15, 0.2) is 66.1 Å². The van der Waals surface area contributed by atoms with Gasteiger partial charge < -0.3 is 0 Å². The molecular formula is C17H16N2. The second-order valence-electron chi connectivity index (χ2n) is 4.87. The number of benzene rings is 1. The molecule has 1 aliphatic rings. The van der Waals surface area contributed by atoms with Gasteiger partial charge in [-0.3, -0.25) is 9.98 Å². The summed E-state index contributed by atoms with van der Waals surface area (Å²) < 4.78 is 0. The number of pyridine rings is 1. The van der Waals surface area contributed by atoms with Gasteiger partial charge in [0.05, 0.1) is 0 Å². The van der Waals surface area contributed by atoms with Gasteiger partial charge in [-0.05, 0) is 35.7 Å². The lowest BCUT2D eigenvalue weighted by Gasteiger charge is -2.33. The molecule has 2 aromatic rings. The molecule has 1 unspecified atom stereocenters. The van der Waals surface area contributed by atoms with Gasteiger partial charge in [-0.15, -0.1) is 0 Å². The Kier molecular flexibility index (Phi) is 3.00. The van der Waals surface area contributed by atoms with E-state index in [1.807, 2.05) is 24.8 Å². The van der Waals surface area contributed by atoms with Gasteiger partial charge in [-0.2, -0.15) is 0 Å². The Balaban J connectivity index is 2.22. The molecule has 94 valence electrons. The van der Waals surface area contributed by atoms with Gasteiger partial charge in [0.2, 0.25) is 0 Å². The predicted octanol–water partition coefficient (Wildman–Crippen LogP) is 3.66. The van der Waals surface area contributed by atoms with E-state index in [4.69, 9.17) is 0 Å². The molecule has 0 amide bonds. The molecule has 2 nitrogen and oxygen atoms in total. The molecule has 0 saturated carbocycles. The van der Waals surface area contributed by atoms with Gasteiger partial charge in [-0.25, -0.2) is 0 Å². The zero-order valence-electron chi connectivity index (χ0n) is 11.0. The second kappa shape index (κ2) is 4.81. The minimum absolute atomic E-state index is 0.115. The second-order valence-corrected chi connectivity index (χ2v) is 4.87. The van der Waals surface area contributed by atoms with Crippen molar-refractivity contribution in [3.05, 3.63) is 77.8 Å². The zero-order chi connectivity index (χ0) is 13.1. The summed E-state index contributed by atoms with van der Waals surface area (Å²) in [4.78, 5) is 8.36. The number of aromatic nitrogens is 1. The Morgan fingerprint density at radius 2 is 1.84 bits per heavy atom. The van der Waals surface area contributed by atoms with Crippen molar-refractivity contribution in [3.8, 4) is 0 Å². The summed E-state index contributed by atoms with van der Waals surface area (Å²) in [7, 11) is 0. The molecule has 0 saturated heterocycles. The van der Waals surface area contributed by atoms with Gasteiger partial charge in [0.15, 0.2) is 0 Å². The van der Waals surface area contributed by atoms with E-state index in [-0.39, 0.29) is 5.41 Å². The lowest BCUT2D eigenvalue weighted by Crippen LogP contribution is -2.28. The van der Waals surface area contributed by atoms with Crippen LogP contribution in [-0.2, 0) is 5.41 Å². The third-order valence-electron chi connectivity index (χ3n) is 3.78. The average Bonchev–Trinajstić information content (AvgIpc) is 2.49. The molecule has 2 heterocycles. The van der Waals surface area contributed by atoms with Gasteiger partial charge in [0, 0.05) is 36.6 Å². The number of hydrogen-bond acceptors (Lipinski definition) is 2. The van der Waals surface area contributed by atoms with Crippen LogP contribution in [0, 0.1) is 6.92 Å². The van der Waals surface area contributed by atoms with E-state index in [2.05, 4.69) is 59.4 Å². The summed E-state index contributed by atoms with van der Waals surface area (Å²) in [5, 5.41) is 0. The Morgan fingerprint density at radius 3 is 2.53 bits per heavy atom. The summed E-state index contributed by atoms with van der Waals surface area (Å²) >= 11 is 0. The van der Waals surface area contributed by atoms with Gasteiger partial charge in [0.25, 0.3) is 0 Å². The van der Waals surface area contributed by atoms with E-state index in [0.717, 1.165) is 6.42 Å². The molecular weight excluding hydrogens is 232 g/mol. The van der Waals surface area contributed by atoms with E-state index in [9.17, 15) is 0 Å². The van der Waals surface area contributed by atoms with E-state index in [1.165, 1.54) is 16.7 Å². The minimum Gasteiger partial charge on any atom is -0.269 e. The quantitative estimate of drug-likeness (QED) is 0.796. The molecule has 0 bridgehead atoms. The molecule has 0 aliphatic carbocycles. The largest absolute Gasteiger partial charge is 0.269 e. The number of aryl methyl sites for hydroxylation is 1. The summed E-state index contributed by atoms with van der Waals surface area (Å²) in [6.45, 7) is 2.16. The van der Waals surface area contributed by atoms with Crippen LogP contribution in [0.5, 0.6) is 0 Å². The fraction of sp³-hybridized carbons (Fsp3) is 0.176. The number of allylic oxidation sites excluding steroid dienone is 1. The zero-order valence-corrected chi connectivity index (χ0v) is 11.0. The maximum absolute atomic E-state index is 4.23. The minimum atomic E-state index is -0.115. The van der Waals surface area contributed by atoms with E-state index < -0.39 is 0 Å². The average molecular weight is 248 g/mol. The molecule has 0 N–H and O–H groups in total. The Hall–Kier alpha value is -2.22. The molecule has 1 aliphatic heterocycles. The van der Waals surface area contributed by atoms with E-state index >= 15 is 0 Å². The van der Waals surface area contributed by atoms with Crippen molar-refractivity contribution in [1.82, 2.24) is 4.98 Å². The van der Waals surface area contributed by atoms with Crippen LogP contribution in [0.1, 0.15) is 23.1 Å². The fourth-order valence-electron chi connectivity index (χ4n) is 2.79. The molecule has 0 spiro atoms. The number of nitrogens with zero attached hydrogens (tertiary/aromatic N) is 2. The molecule has 3 rings (SSSR count). The van der Waals surface area contributed by atoms with Crippen LogP contribution in [-0.4, -0.2) is 11.2 Å². The van der Waals surface area contributed by atoms with Crippen molar-refractivity contribution in [3.63, 3.8) is 0 Å². The van der Waals surface area contributed by atoms with Crippen LogP contribution in [0.25, 0.3) is 0 Å². The maximum atomic E-state index is 4.23. The highest BCUT2D eigenvalue weighted by Crippen LogP contribution is 2.39.